The van der Waals surface area contributed by atoms with Gasteiger partial charge in [-0.05, 0) is 42.5 Å². The lowest BCUT2D eigenvalue weighted by Crippen LogP contribution is -2.26. The van der Waals surface area contributed by atoms with E-state index in [-0.39, 0.29) is 18.0 Å². The van der Waals surface area contributed by atoms with Gasteiger partial charge in [0.05, 0.1) is 16.8 Å². The number of amides is 1. The lowest BCUT2D eigenvalue weighted by Gasteiger charge is -2.23. The maximum absolute atomic E-state index is 12.7. The maximum Gasteiger partial charge on any atom is 0.335 e. The number of carbonyl (C=O) groups is 2. The number of fused-ring (bicyclic) bond motifs is 1. The van der Waals surface area contributed by atoms with E-state index in [1.165, 1.54) is 24.8 Å². The van der Waals surface area contributed by atoms with Crippen molar-refractivity contribution in [2.24, 2.45) is 7.05 Å². The predicted molar refractivity (Wildman–Crippen MR) is 118 cm³/mol. The number of carboxylic acids is 1. The fourth-order valence-electron chi connectivity index (χ4n) is 4.71. The highest BCUT2D eigenvalue weighted by Crippen LogP contribution is 2.44. The Morgan fingerprint density at radius 3 is 2.47 bits per heavy atom. The molecule has 0 radical (unpaired) electrons. The highest BCUT2D eigenvalue weighted by molar-refractivity contribution is 5.99. The van der Waals surface area contributed by atoms with E-state index in [0.29, 0.717) is 5.92 Å². The summed E-state index contributed by atoms with van der Waals surface area (Å²) >= 11 is 0. The second-order valence-corrected chi connectivity index (χ2v) is 8.57. The Kier molecular flexibility index (Phi) is 5.41. The minimum Gasteiger partial charge on any atom is -0.478 e. The Bertz CT molecular complexity index is 1100. The third kappa shape index (κ3) is 3.62. The Morgan fingerprint density at radius 1 is 1.13 bits per heavy atom. The first-order chi connectivity index (χ1) is 14.4. The minimum atomic E-state index is -0.955. The zero-order chi connectivity index (χ0) is 21.4. The third-order valence-corrected chi connectivity index (χ3v) is 6.26. The highest BCUT2D eigenvalue weighted by Gasteiger charge is 2.28. The Balaban J connectivity index is 2.03. The fraction of sp³-hybridized carbons (Fsp3) is 0.417. The van der Waals surface area contributed by atoms with Gasteiger partial charge >= 0.3 is 5.97 Å². The number of nitrogens with zero attached hydrogens (tertiary/aromatic N) is 3. The van der Waals surface area contributed by atoms with Gasteiger partial charge < -0.3 is 19.1 Å². The zero-order valence-corrected chi connectivity index (χ0v) is 17.9. The summed E-state index contributed by atoms with van der Waals surface area (Å²) in [4.78, 5) is 26.0. The predicted octanol–water partition coefficient (Wildman–Crippen LogP) is 4.48. The van der Waals surface area contributed by atoms with Crippen LogP contribution in [0.1, 0.15) is 53.9 Å². The lowest BCUT2D eigenvalue weighted by atomic mass is 9.82. The van der Waals surface area contributed by atoms with Crippen LogP contribution in [0.15, 0.2) is 36.7 Å². The van der Waals surface area contributed by atoms with Gasteiger partial charge in [-0.25, -0.2) is 4.79 Å². The van der Waals surface area contributed by atoms with Crippen LogP contribution >= 0.6 is 0 Å². The van der Waals surface area contributed by atoms with Gasteiger partial charge in [0.15, 0.2) is 0 Å². The summed E-state index contributed by atoms with van der Waals surface area (Å²) in [5, 5.41) is 10.6. The van der Waals surface area contributed by atoms with E-state index >= 15 is 0 Å². The molecule has 0 atom stereocenters. The number of hydrogen-bond acceptors (Lipinski definition) is 2. The van der Waals surface area contributed by atoms with Crippen LogP contribution in [-0.2, 0) is 18.4 Å². The molecule has 1 aliphatic carbocycles. The number of aryl methyl sites for hydroxylation is 1. The summed E-state index contributed by atoms with van der Waals surface area (Å²) in [6, 6.07) is 7.42. The van der Waals surface area contributed by atoms with E-state index in [1.54, 1.807) is 31.1 Å². The summed E-state index contributed by atoms with van der Waals surface area (Å²) in [6.45, 7) is 0.184. The maximum atomic E-state index is 12.7. The van der Waals surface area contributed by atoms with Crippen molar-refractivity contribution in [3.05, 3.63) is 47.8 Å². The number of carbonyl (C=O) groups excluding carboxylic acids is 1. The second kappa shape index (κ2) is 8.01. The summed E-state index contributed by atoms with van der Waals surface area (Å²) in [6.07, 6.45) is 10.0. The first kappa shape index (κ1) is 20.3. The molecule has 2 aromatic heterocycles. The Hall–Kier alpha value is -3.02. The zero-order valence-electron chi connectivity index (χ0n) is 17.9. The molecule has 158 valence electrons. The molecule has 0 unspecified atom stereocenters. The van der Waals surface area contributed by atoms with Gasteiger partial charge in [-0.3, -0.25) is 4.79 Å². The quantitative estimate of drug-likeness (QED) is 0.678. The van der Waals surface area contributed by atoms with Crippen LogP contribution in [0.5, 0.6) is 0 Å². The fourth-order valence-corrected chi connectivity index (χ4v) is 4.71. The molecule has 6 nitrogen and oxygen atoms in total. The molecule has 30 heavy (non-hydrogen) atoms. The number of carboxylic acid groups (broad SMARTS) is 1. The molecule has 0 aliphatic heterocycles. The van der Waals surface area contributed by atoms with Crippen LogP contribution in [0, 0.1) is 0 Å². The molecule has 6 heteroatoms. The van der Waals surface area contributed by atoms with Crippen molar-refractivity contribution < 1.29 is 14.7 Å². The van der Waals surface area contributed by atoms with E-state index in [2.05, 4.69) is 12.3 Å². The van der Waals surface area contributed by atoms with E-state index < -0.39 is 5.97 Å². The molecule has 0 spiro atoms. The number of rotatable bonds is 5. The van der Waals surface area contributed by atoms with Crippen molar-refractivity contribution in [2.75, 3.05) is 14.1 Å². The molecule has 2 heterocycles. The number of hydrogen-bond donors (Lipinski definition) is 1. The average Bonchev–Trinajstić information content (AvgIpc) is 3.29. The number of likely N-dealkylation sites (N-methyl/N-ethyl adjacent to an activating group) is 1. The summed E-state index contributed by atoms with van der Waals surface area (Å²) in [5.41, 5.74) is 4.45. The first-order valence-corrected chi connectivity index (χ1v) is 10.6. The molecule has 0 saturated heterocycles. The average molecular weight is 408 g/mol. The monoisotopic (exact) mass is 407 g/mol. The standard InChI is InChI=1S/C24H29N3O3/c1-25(2)21(28)15-27-20-13-17(24(29)30)9-10-19(20)22(16-7-5-4-6-8-16)23(27)18-11-12-26(3)14-18/h9-14,16H,4-8,15H2,1-3H3,(H,29,30). The van der Waals surface area contributed by atoms with Crippen LogP contribution in [0.3, 0.4) is 0 Å². The van der Waals surface area contributed by atoms with Crippen molar-refractivity contribution in [2.45, 2.75) is 44.6 Å². The Labute approximate surface area is 176 Å². The molecule has 4 rings (SSSR count). The molecule has 0 bridgehead atoms. The molecule has 1 saturated carbocycles. The van der Waals surface area contributed by atoms with E-state index in [0.717, 1.165) is 35.0 Å². The van der Waals surface area contributed by atoms with Crippen molar-refractivity contribution in [1.29, 1.82) is 0 Å². The molecule has 1 aliphatic rings. The molecular weight excluding hydrogens is 378 g/mol. The van der Waals surface area contributed by atoms with Crippen LogP contribution in [-0.4, -0.2) is 45.1 Å². The number of benzene rings is 1. The van der Waals surface area contributed by atoms with Crippen molar-refractivity contribution in [3.8, 4) is 11.3 Å². The Morgan fingerprint density at radius 2 is 1.87 bits per heavy atom. The topological polar surface area (TPSA) is 67.5 Å². The van der Waals surface area contributed by atoms with Gasteiger partial charge in [-0.1, -0.05) is 25.3 Å². The van der Waals surface area contributed by atoms with E-state index in [9.17, 15) is 14.7 Å². The molecule has 1 fully saturated rings. The molecule has 1 aromatic carbocycles. The summed E-state index contributed by atoms with van der Waals surface area (Å²) in [7, 11) is 5.49. The van der Waals surface area contributed by atoms with Gasteiger partial charge in [-0.15, -0.1) is 0 Å². The van der Waals surface area contributed by atoms with E-state index in [1.807, 2.05) is 28.4 Å². The highest BCUT2D eigenvalue weighted by atomic mass is 16.4. The normalized spacial score (nSPS) is 14.9. The van der Waals surface area contributed by atoms with Crippen molar-refractivity contribution >= 4 is 22.8 Å². The van der Waals surface area contributed by atoms with Crippen LogP contribution in [0.2, 0.25) is 0 Å². The molecule has 1 N–H and O–H groups in total. The van der Waals surface area contributed by atoms with Gasteiger partial charge in [-0.2, -0.15) is 0 Å². The van der Waals surface area contributed by atoms with Gasteiger partial charge in [0.1, 0.15) is 6.54 Å². The SMILES string of the molecule is CN(C)C(=O)Cn1c(-c2ccn(C)c2)c(C2CCCCC2)c2ccc(C(=O)O)cc21. The number of aromatic carboxylic acids is 1. The lowest BCUT2D eigenvalue weighted by molar-refractivity contribution is -0.129. The van der Waals surface area contributed by atoms with Crippen LogP contribution in [0.25, 0.3) is 22.2 Å². The second-order valence-electron chi connectivity index (χ2n) is 8.57. The summed E-state index contributed by atoms with van der Waals surface area (Å²) < 4.78 is 4.04. The molecule has 1 amide bonds. The first-order valence-electron chi connectivity index (χ1n) is 10.6. The van der Waals surface area contributed by atoms with Crippen LogP contribution < -0.4 is 0 Å². The number of aromatic nitrogens is 2. The van der Waals surface area contributed by atoms with Gasteiger partial charge in [0.2, 0.25) is 5.91 Å². The van der Waals surface area contributed by atoms with Crippen molar-refractivity contribution in [3.63, 3.8) is 0 Å². The largest absolute Gasteiger partial charge is 0.478 e. The minimum absolute atomic E-state index is 0.0139. The van der Waals surface area contributed by atoms with E-state index in [4.69, 9.17) is 0 Å². The summed E-state index contributed by atoms with van der Waals surface area (Å²) in [5.74, 6) is -0.549. The van der Waals surface area contributed by atoms with Crippen LogP contribution in [0.4, 0.5) is 0 Å². The van der Waals surface area contributed by atoms with Gasteiger partial charge in [0, 0.05) is 44.5 Å². The van der Waals surface area contributed by atoms with Gasteiger partial charge in [0.25, 0.3) is 0 Å². The molecule has 3 aromatic rings. The third-order valence-electron chi connectivity index (χ3n) is 6.26. The molecular formula is C24H29N3O3. The van der Waals surface area contributed by atoms with Crippen molar-refractivity contribution in [1.82, 2.24) is 14.0 Å². The smallest absolute Gasteiger partial charge is 0.335 e.